The number of carbonyl (C=O) groups is 1. The third-order valence-electron chi connectivity index (χ3n) is 3.25. The molecule has 0 saturated carbocycles. The minimum Gasteiger partial charge on any atom is -0.346 e. The van der Waals surface area contributed by atoms with E-state index in [1.54, 1.807) is 6.92 Å². The average molecular weight is 294 g/mol. The summed E-state index contributed by atoms with van der Waals surface area (Å²) in [7, 11) is 0. The van der Waals surface area contributed by atoms with Crippen molar-refractivity contribution in [3.8, 4) is 0 Å². The Labute approximate surface area is 124 Å². The molecule has 0 bridgehead atoms. The van der Waals surface area contributed by atoms with Gasteiger partial charge in [0.05, 0.1) is 16.2 Å². The van der Waals surface area contributed by atoms with Gasteiger partial charge in [-0.15, -0.1) is 0 Å². The van der Waals surface area contributed by atoms with E-state index in [2.05, 4.69) is 10.3 Å². The Morgan fingerprint density at radius 1 is 1.57 bits per heavy atom. The minimum absolute atomic E-state index is 0.202. The number of rotatable bonds is 6. The summed E-state index contributed by atoms with van der Waals surface area (Å²) in [6.07, 6.45) is 1.86. The number of hydrogen-bond acceptors (Lipinski definition) is 5. The second-order valence-electron chi connectivity index (χ2n) is 5.90. The highest BCUT2D eigenvalue weighted by Crippen LogP contribution is 2.19. The van der Waals surface area contributed by atoms with Gasteiger partial charge >= 0.3 is 0 Å². The Balaban J connectivity index is 3.03. The quantitative estimate of drug-likeness (QED) is 0.613. The van der Waals surface area contributed by atoms with Gasteiger partial charge in [-0.05, 0) is 26.2 Å². The van der Waals surface area contributed by atoms with Crippen molar-refractivity contribution < 1.29 is 9.72 Å². The van der Waals surface area contributed by atoms with Crippen molar-refractivity contribution in [3.05, 3.63) is 33.6 Å². The molecular weight excluding hydrogens is 272 g/mol. The number of nitrogens with one attached hydrogen (secondary N) is 1. The molecule has 0 aliphatic rings. The maximum absolute atomic E-state index is 12.4. The lowest BCUT2D eigenvalue weighted by Gasteiger charge is -2.31. The first-order chi connectivity index (χ1) is 9.68. The zero-order valence-corrected chi connectivity index (χ0v) is 12.8. The molecule has 0 saturated heterocycles. The number of amides is 1. The number of hydrogen-bond donors (Lipinski definition) is 2. The van der Waals surface area contributed by atoms with Gasteiger partial charge in [-0.1, -0.05) is 13.8 Å². The van der Waals surface area contributed by atoms with Crippen molar-refractivity contribution >= 4 is 11.6 Å². The number of pyridine rings is 1. The van der Waals surface area contributed by atoms with Crippen LogP contribution in [-0.4, -0.2) is 27.9 Å². The van der Waals surface area contributed by atoms with E-state index in [0.29, 0.717) is 18.2 Å². The van der Waals surface area contributed by atoms with Gasteiger partial charge in [0.15, 0.2) is 0 Å². The summed E-state index contributed by atoms with van der Waals surface area (Å²) in [4.78, 5) is 26.5. The van der Waals surface area contributed by atoms with E-state index in [-0.39, 0.29) is 11.3 Å². The lowest BCUT2D eigenvalue weighted by molar-refractivity contribution is -0.385. The Morgan fingerprint density at radius 3 is 2.67 bits per heavy atom. The molecule has 1 atom stereocenters. The van der Waals surface area contributed by atoms with Crippen LogP contribution < -0.4 is 11.1 Å². The first kappa shape index (κ1) is 17.0. The van der Waals surface area contributed by atoms with E-state index in [9.17, 15) is 14.9 Å². The van der Waals surface area contributed by atoms with E-state index in [4.69, 9.17) is 5.73 Å². The molecule has 116 valence electrons. The summed E-state index contributed by atoms with van der Waals surface area (Å²) in [6, 6.07) is 1.24. The third-order valence-corrected chi connectivity index (χ3v) is 3.25. The fourth-order valence-electron chi connectivity index (χ4n) is 2.28. The summed E-state index contributed by atoms with van der Waals surface area (Å²) in [5.41, 5.74) is 5.65. The molecule has 0 fully saturated rings. The van der Waals surface area contributed by atoms with Gasteiger partial charge < -0.3 is 11.1 Å². The number of carbonyl (C=O) groups excluding carboxylic acids is 1. The van der Waals surface area contributed by atoms with Gasteiger partial charge in [0.25, 0.3) is 11.6 Å². The molecule has 1 aromatic rings. The number of aromatic nitrogens is 1. The van der Waals surface area contributed by atoms with Gasteiger partial charge in [-0.3, -0.25) is 19.9 Å². The van der Waals surface area contributed by atoms with Gasteiger partial charge in [-0.2, -0.15) is 0 Å². The molecule has 0 aromatic carbocycles. The zero-order chi connectivity index (χ0) is 16.2. The lowest BCUT2D eigenvalue weighted by Crippen LogP contribution is -2.52. The molecule has 0 spiro atoms. The summed E-state index contributed by atoms with van der Waals surface area (Å²) in [5.74, 6) is -0.0273. The largest absolute Gasteiger partial charge is 0.346 e. The van der Waals surface area contributed by atoms with E-state index < -0.39 is 16.4 Å². The lowest BCUT2D eigenvalue weighted by atomic mass is 9.90. The van der Waals surface area contributed by atoms with E-state index in [0.717, 1.165) is 12.6 Å². The number of aryl methyl sites for hydroxylation is 1. The predicted octanol–water partition coefficient (Wildman–Crippen LogP) is 1.79. The molecule has 1 amide bonds. The highest BCUT2D eigenvalue weighted by molar-refractivity contribution is 5.96. The Hall–Kier alpha value is -2.02. The highest BCUT2D eigenvalue weighted by Gasteiger charge is 2.27. The Morgan fingerprint density at radius 2 is 2.19 bits per heavy atom. The molecular formula is C14H22N4O3. The van der Waals surface area contributed by atoms with Crippen molar-refractivity contribution in [3.63, 3.8) is 0 Å². The van der Waals surface area contributed by atoms with Crippen LogP contribution in [0.5, 0.6) is 0 Å². The van der Waals surface area contributed by atoms with Gasteiger partial charge in [-0.25, -0.2) is 0 Å². The minimum atomic E-state index is -0.570. The molecule has 0 aliphatic carbocycles. The summed E-state index contributed by atoms with van der Waals surface area (Å²) >= 11 is 0. The zero-order valence-electron chi connectivity index (χ0n) is 12.8. The number of nitrogens with two attached hydrogens (primary N) is 1. The van der Waals surface area contributed by atoms with Crippen molar-refractivity contribution in [1.29, 1.82) is 0 Å². The van der Waals surface area contributed by atoms with Gasteiger partial charge in [0.2, 0.25) is 0 Å². The SMILES string of the molecule is Cc1ncc([N+](=O)[O-])cc1C(=O)NC(C)(CN)CC(C)C. The number of nitrogens with zero attached hydrogens (tertiary/aromatic N) is 2. The molecule has 3 N–H and O–H groups in total. The maximum atomic E-state index is 12.4. The highest BCUT2D eigenvalue weighted by atomic mass is 16.6. The van der Waals surface area contributed by atoms with Crippen molar-refractivity contribution in [2.45, 2.75) is 39.7 Å². The smallest absolute Gasteiger partial charge is 0.288 e. The standard InChI is InChI=1S/C14H22N4O3/c1-9(2)6-14(4,8-15)17-13(19)12-5-11(18(20)21)7-16-10(12)3/h5,7,9H,6,8,15H2,1-4H3,(H,17,19). The molecule has 1 rings (SSSR count). The van der Waals surface area contributed by atoms with E-state index in [1.807, 2.05) is 20.8 Å². The second-order valence-corrected chi connectivity index (χ2v) is 5.90. The summed E-state index contributed by atoms with van der Waals surface area (Å²) in [5, 5.41) is 13.7. The molecule has 21 heavy (non-hydrogen) atoms. The summed E-state index contributed by atoms with van der Waals surface area (Å²) in [6.45, 7) is 7.88. The predicted molar refractivity (Wildman–Crippen MR) is 80.0 cm³/mol. The second kappa shape index (κ2) is 6.62. The third kappa shape index (κ3) is 4.49. The summed E-state index contributed by atoms with van der Waals surface area (Å²) < 4.78 is 0. The molecule has 7 heteroatoms. The fraction of sp³-hybridized carbons (Fsp3) is 0.571. The van der Waals surface area contributed by atoms with E-state index >= 15 is 0 Å². The monoisotopic (exact) mass is 294 g/mol. The van der Waals surface area contributed by atoms with Crippen LogP contribution in [0.3, 0.4) is 0 Å². The van der Waals surface area contributed by atoms with Crippen molar-refractivity contribution in [2.24, 2.45) is 11.7 Å². The van der Waals surface area contributed by atoms with Gasteiger partial charge in [0.1, 0.15) is 6.20 Å². The molecule has 0 radical (unpaired) electrons. The van der Waals surface area contributed by atoms with Crippen LogP contribution in [0, 0.1) is 23.0 Å². The first-order valence-corrected chi connectivity index (χ1v) is 6.82. The van der Waals surface area contributed by atoms with Crippen LogP contribution in [0.15, 0.2) is 12.3 Å². The van der Waals surface area contributed by atoms with Crippen LogP contribution in [-0.2, 0) is 0 Å². The topological polar surface area (TPSA) is 111 Å². The normalized spacial score (nSPS) is 13.8. The first-order valence-electron chi connectivity index (χ1n) is 6.82. The van der Waals surface area contributed by atoms with Crippen LogP contribution in [0.1, 0.15) is 43.2 Å². The van der Waals surface area contributed by atoms with Crippen LogP contribution >= 0.6 is 0 Å². The average Bonchev–Trinajstić information content (AvgIpc) is 2.37. The van der Waals surface area contributed by atoms with Crippen LogP contribution in [0.4, 0.5) is 5.69 Å². The molecule has 1 unspecified atom stereocenters. The Kier molecular flexibility index (Phi) is 5.37. The van der Waals surface area contributed by atoms with Crippen molar-refractivity contribution in [2.75, 3.05) is 6.54 Å². The van der Waals surface area contributed by atoms with Crippen molar-refractivity contribution in [1.82, 2.24) is 10.3 Å². The maximum Gasteiger partial charge on any atom is 0.288 e. The number of nitro groups is 1. The molecule has 1 aromatic heterocycles. The molecule has 7 nitrogen and oxygen atoms in total. The van der Waals surface area contributed by atoms with E-state index in [1.165, 1.54) is 6.07 Å². The molecule has 0 aliphatic heterocycles. The Bertz CT molecular complexity index is 545. The van der Waals surface area contributed by atoms with Crippen LogP contribution in [0.2, 0.25) is 0 Å². The van der Waals surface area contributed by atoms with Gasteiger partial charge in [0, 0.05) is 18.2 Å². The molecule has 1 heterocycles. The van der Waals surface area contributed by atoms with Crippen LogP contribution in [0.25, 0.3) is 0 Å². The fourth-order valence-corrected chi connectivity index (χ4v) is 2.28.